The molecule has 212 valence electrons. The zero-order chi connectivity index (χ0) is 30.1. The van der Waals surface area contributed by atoms with Gasteiger partial charge in [0.1, 0.15) is 5.69 Å². The summed E-state index contributed by atoms with van der Waals surface area (Å²) in [6.45, 7) is 13.4. The molecule has 0 unspecified atom stereocenters. The normalized spacial score (nSPS) is 16.7. The van der Waals surface area contributed by atoms with Crippen LogP contribution in [0.5, 0.6) is 0 Å². The van der Waals surface area contributed by atoms with E-state index in [-0.39, 0.29) is 11.2 Å². The van der Waals surface area contributed by atoms with E-state index in [0.717, 1.165) is 44.4 Å². The highest BCUT2D eigenvalue weighted by molar-refractivity contribution is 6.09. The fourth-order valence-electron chi connectivity index (χ4n) is 6.70. The van der Waals surface area contributed by atoms with Crippen LogP contribution < -0.4 is 0 Å². The van der Waals surface area contributed by atoms with Crippen molar-refractivity contribution in [2.75, 3.05) is 0 Å². The Labute approximate surface area is 253 Å². The van der Waals surface area contributed by atoms with E-state index >= 15 is 0 Å². The summed E-state index contributed by atoms with van der Waals surface area (Å²) in [6.07, 6.45) is 0. The number of carbonyl (C=O) groups is 1. The Morgan fingerprint density at radius 3 is 1.65 bits per heavy atom. The van der Waals surface area contributed by atoms with E-state index in [1.54, 1.807) is 0 Å². The molecule has 0 N–H and O–H groups in total. The van der Waals surface area contributed by atoms with Crippen molar-refractivity contribution in [3.63, 3.8) is 0 Å². The van der Waals surface area contributed by atoms with Crippen LogP contribution in [0.25, 0.3) is 21.5 Å². The molecule has 1 aliphatic heterocycles. The van der Waals surface area contributed by atoms with Crippen molar-refractivity contribution in [3.8, 4) is 0 Å². The van der Waals surface area contributed by atoms with Gasteiger partial charge in [-0.05, 0) is 45.7 Å². The molecule has 0 radical (unpaired) electrons. The van der Waals surface area contributed by atoms with Gasteiger partial charge in [-0.3, -0.25) is 9.78 Å². The van der Waals surface area contributed by atoms with Gasteiger partial charge in [0, 0.05) is 32.6 Å². The summed E-state index contributed by atoms with van der Waals surface area (Å²) in [6, 6.07) is 37.8. The highest BCUT2D eigenvalue weighted by atomic mass is 16.1. The first-order chi connectivity index (χ1) is 20.5. The van der Waals surface area contributed by atoms with Crippen molar-refractivity contribution in [3.05, 3.63) is 154 Å². The smallest absolute Gasteiger partial charge is 0.211 e. The van der Waals surface area contributed by atoms with Crippen LogP contribution in [0, 0.1) is 0 Å². The number of carbonyl (C=O) groups excluding carboxylic acids is 1. The van der Waals surface area contributed by atoms with Gasteiger partial charge in [-0.15, -0.1) is 0 Å². The molecule has 0 spiro atoms. The summed E-state index contributed by atoms with van der Waals surface area (Å²) in [4.78, 5) is 24.8. The molecule has 6 aromatic rings. The van der Waals surface area contributed by atoms with E-state index in [4.69, 9.17) is 9.97 Å². The standard InChI is InChI=1S/C40H36N2O/c1-38(2)29-17-12-18-30(24-29)40(5,6)36-31-19-9-7-13-25(31)22-33(41-36)35(43)27-15-11-16-28(21-27)39(3,4)37-32-20-10-8-14-26(32)23-34(38)42-37/h7-24H,1-6H3. The SMILES string of the molecule is CC1(C)c2cccc(c2)C(C)(C)c2nc(cc3ccccc23)C(=O)c2cccc(c2)C(C)(C)c2nc1cc1ccccc21. The largest absolute Gasteiger partial charge is 0.287 e. The number of ketones is 1. The minimum absolute atomic E-state index is 0.0750. The second kappa shape index (κ2) is 9.44. The van der Waals surface area contributed by atoms with E-state index in [2.05, 4.69) is 114 Å². The van der Waals surface area contributed by atoms with Gasteiger partial charge < -0.3 is 0 Å². The van der Waals surface area contributed by atoms with Gasteiger partial charge in [0.15, 0.2) is 0 Å². The van der Waals surface area contributed by atoms with E-state index in [1.807, 2.05) is 36.4 Å². The van der Waals surface area contributed by atoms with Crippen molar-refractivity contribution in [2.45, 2.75) is 57.8 Å². The molecule has 0 atom stereocenters. The number of nitrogens with zero attached hydrogens (tertiary/aromatic N) is 2. The van der Waals surface area contributed by atoms with Crippen molar-refractivity contribution in [1.29, 1.82) is 0 Å². The van der Waals surface area contributed by atoms with E-state index in [0.29, 0.717) is 11.3 Å². The Hall–Kier alpha value is -4.63. The molecule has 0 saturated heterocycles. The van der Waals surface area contributed by atoms with Gasteiger partial charge in [-0.2, -0.15) is 0 Å². The lowest BCUT2D eigenvalue weighted by Gasteiger charge is -2.33. The molecule has 1 aliphatic rings. The fraction of sp³-hybridized carbons (Fsp3) is 0.225. The molecule has 0 fully saturated rings. The van der Waals surface area contributed by atoms with Gasteiger partial charge in [-0.25, -0.2) is 4.98 Å². The first kappa shape index (κ1) is 27.2. The molecule has 43 heavy (non-hydrogen) atoms. The lowest BCUT2D eigenvalue weighted by molar-refractivity contribution is 0.103. The van der Waals surface area contributed by atoms with Gasteiger partial charge >= 0.3 is 0 Å². The number of rotatable bonds is 0. The van der Waals surface area contributed by atoms with Crippen LogP contribution in [0.2, 0.25) is 0 Å². The average Bonchev–Trinajstić information content (AvgIpc) is 3.03. The number of hydrogen-bond donors (Lipinski definition) is 0. The van der Waals surface area contributed by atoms with Crippen LogP contribution in [0.1, 0.15) is 91.4 Å². The summed E-state index contributed by atoms with van der Waals surface area (Å²) in [5.41, 5.74) is 6.11. The third kappa shape index (κ3) is 4.21. The highest BCUT2D eigenvalue weighted by Crippen LogP contribution is 2.42. The zero-order valence-corrected chi connectivity index (χ0v) is 25.7. The molecular weight excluding hydrogens is 524 g/mol. The molecule has 3 nitrogen and oxygen atoms in total. The van der Waals surface area contributed by atoms with Crippen LogP contribution >= 0.6 is 0 Å². The molecular formula is C40H36N2O. The van der Waals surface area contributed by atoms with Crippen LogP contribution in [0.4, 0.5) is 0 Å². The lowest BCUT2D eigenvalue weighted by Crippen LogP contribution is -2.28. The third-order valence-electron chi connectivity index (χ3n) is 9.69. The van der Waals surface area contributed by atoms with Crippen LogP contribution in [-0.4, -0.2) is 15.8 Å². The minimum atomic E-state index is -0.467. The molecule has 3 heteroatoms. The molecule has 0 aliphatic carbocycles. The maximum Gasteiger partial charge on any atom is 0.211 e. The lowest BCUT2D eigenvalue weighted by atomic mass is 9.74. The Kier molecular flexibility index (Phi) is 5.97. The number of pyridine rings is 2. The predicted octanol–water partition coefficient (Wildman–Crippen LogP) is 9.31. The average molecular weight is 561 g/mol. The van der Waals surface area contributed by atoms with Crippen LogP contribution in [0.15, 0.2) is 109 Å². The van der Waals surface area contributed by atoms with Gasteiger partial charge in [0.05, 0.1) is 17.1 Å². The first-order valence-electron chi connectivity index (χ1n) is 15.1. The summed E-state index contributed by atoms with van der Waals surface area (Å²) >= 11 is 0. The second-order valence-corrected chi connectivity index (χ2v) is 13.5. The summed E-state index contributed by atoms with van der Waals surface area (Å²) in [5, 5.41) is 4.37. The van der Waals surface area contributed by atoms with Crippen molar-refractivity contribution >= 4 is 27.3 Å². The minimum Gasteiger partial charge on any atom is -0.287 e. The molecule has 7 rings (SSSR count). The van der Waals surface area contributed by atoms with Gasteiger partial charge in [0.25, 0.3) is 0 Å². The Morgan fingerprint density at radius 1 is 0.488 bits per heavy atom. The summed E-state index contributed by atoms with van der Waals surface area (Å²) in [5.74, 6) is -0.0750. The van der Waals surface area contributed by atoms with Gasteiger partial charge in [-0.1, -0.05) is 133 Å². The maximum absolute atomic E-state index is 14.2. The van der Waals surface area contributed by atoms with Crippen LogP contribution in [-0.2, 0) is 16.2 Å². The van der Waals surface area contributed by atoms with E-state index in [9.17, 15) is 4.79 Å². The molecule has 3 heterocycles. The Morgan fingerprint density at radius 2 is 1.00 bits per heavy atom. The third-order valence-corrected chi connectivity index (χ3v) is 9.69. The van der Waals surface area contributed by atoms with Crippen molar-refractivity contribution < 1.29 is 4.79 Å². The number of aromatic nitrogens is 2. The zero-order valence-electron chi connectivity index (χ0n) is 25.7. The van der Waals surface area contributed by atoms with Gasteiger partial charge in [0.2, 0.25) is 5.78 Å². The van der Waals surface area contributed by atoms with Crippen molar-refractivity contribution in [2.24, 2.45) is 0 Å². The molecule has 0 saturated carbocycles. The topological polar surface area (TPSA) is 42.9 Å². The number of hydrogen-bond acceptors (Lipinski definition) is 3. The predicted molar refractivity (Wildman–Crippen MR) is 176 cm³/mol. The fourth-order valence-corrected chi connectivity index (χ4v) is 6.70. The van der Waals surface area contributed by atoms with E-state index < -0.39 is 10.8 Å². The molecule has 2 aromatic heterocycles. The molecule has 8 bridgehead atoms. The number of fused-ring (bicyclic) bond motifs is 12. The van der Waals surface area contributed by atoms with Crippen molar-refractivity contribution in [1.82, 2.24) is 9.97 Å². The first-order valence-corrected chi connectivity index (χ1v) is 15.1. The maximum atomic E-state index is 14.2. The van der Waals surface area contributed by atoms with E-state index in [1.165, 1.54) is 10.9 Å². The Balaban J connectivity index is 1.60. The summed E-state index contributed by atoms with van der Waals surface area (Å²) in [7, 11) is 0. The van der Waals surface area contributed by atoms with Crippen LogP contribution in [0.3, 0.4) is 0 Å². The Bertz CT molecular complexity index is 2080. The highest BCUT2D eigenvalue weighted by Gasteiger charge is 2.34. The number of benzene rings is 4. The summed E-state index contributed by atoms with van der Waals surface area (Å²) < 4.78 is 0. The second-order valence-electron chi connectivity index (χ2n) is 13.5. The molecule has 4 aromatic carbocycles. The monoisotopic (exact) mass is 560 g/mol. The molecule has 0 amide bonds. The quantitative estimate of drug-likeness (QED) is 0.186.